The normalized spacial score (nSPS) is 10.2. The van der Waals surface area contributed by atoms with Crippen LogP contribution >= 0.6 is 0 Å². The summed E-state index contributed by atoms with van der Waals surface area (Å²) in [5.41, 5.74) is 4.42. The predicted octanol–water partition coefficient (Wildman–Crippen LogP) is 3.37. The van der Waals surface area contributed by atoms with Crippen LogP contribution < -0.4 is 4.74 Å². The van der Waals surface area contributed by atoms with Crippen molar-refractivity contribution in [2.24, 2.45) is 0 Å². The summed E-state index contributed by atoms with van der Waals surface area (Å²) in [6.45, 7) is 4.10. The van der Waals surface area contributed by atoms with Crippen molar-refractivity contribution in [1.82, 2.24) is 4.98 Å². The molecule has 0 atom stereocenters. The Kier molecular flexibility index (Phi) is 2.91. The van der Waals surface area contributed by atoms with Crippen LogP contribution in [0.2, 0.25) is 0 Å². The Bertz CT molecular complexity index is 489. The summed E-state index contributed by atoms with van der Waals surface area (Å²) in [7, 11) is 1.67. The van der Waals surface area contributed by atoms with Crippen molar-refractivity contribution >= 4 is 0 Å². The van der Waals surface area contributed by atoms with E-state index in [0.29, 0.717) is 0 Å². The van der Waals surface area contributed by atoms with Gasteiger partial charge in [0.15, 0.2) is 0 Å². The minimum absolute atomic E-state index is 0.868. The minimum atomic E-state index is 0.868. The molecule has 0 aliphatic heterocycles. The van der Waals surface area contributed by atoms with Crippen LogP contribution in [-0.2, 0) is 0 Å². The molecule has 16 heavy (non-hydrogen) atoms. The Labute approximate surface area is 95.9 Å². The van der Waals surface area contributed by atoms with E-state index in [9.17, 15) is 0 Å². The molecule has 2 heteroatoms. The molecule has 0 amide bonds. The summed E-state index contributed by atoms with van der Waals surface area (Å²) in [4.78, 5) is 4.56. The molecule has 0 saturated carbocycles. The van der Waals surface area contributed by atoms with Crippen LogP contribution in [0.3, 0.4) is 0 Å². The quantitative estimate of drug-likeness (QED) is 0.763. The van der Waals surface area contributed by atoms with Crippen molar-refractivity contribution in [2.45, 2.75) is 13.8 Å². The summed E-state index contributed by atoms with van der Waals surface area (Å²) in [5.74, 6) is 0.868. The molecule has 0 aliphatic rings. The second-order valence-electron chi connectivity index (χ2n) is 3.83. The van der Waals surface area contributed by atoms with Crippen molar-refractivity contribution in [3.63, 3.8) is 0 Å². The first-order chi connectivity index (χ1) is 7.70. The molecular weight excluding hydrogens is 198 g/mol. The highest BCUT2D eigenvalue weighted by Crippen LogP contribution is 2.21. The van der Waals surface area contributed by atoms with Crippen molar-refractivity contribution in [3.05, 3.63) is 47.7 Å². The van der Waals surface area contributed by atoms with Crippen LogP contribution in [0, 0.1) is 13.8 Å². The van der Waals surface area contributed by atoms with E-state index in [2.05, 4.69) is 18.0 Å². The van der Waals surface area contributed by atoms with E-state index in [-0.39, 0.29) is 0 Å². The van der Waals surface area contributed by atoms with Gasteiger partial charge in [-0.15, -0.1) is 0 Å². The van der Waals surface area contributed by atoms with Crippen molar-refractivity contribution in [2.75, 3.05) is 7.11 Å². The van der Waals surface area contributed by atoms with Gasteiger partial charge in [0.2, 0.25) is 0 Å². The van der Waals surface area contributed by atoms with E-state index in [1.165, 1.54) is 5.56 Å². The fourth-order valence-corrected chi connectivity index (χ4v) is 1.55. The summed E-state index contributed by atoms with van der Waals surface area (Å²) in [6, 6.07) is 12.1. The number of benzene rings is 1. The highest BCUT2D eigenvalue weighted by Gasteiger charge is 2.01. The van der Waals surface area contributed by atoms with Gasteiger partial charge < -0.3 is 4.74 Å². The first-order valence-corrected chi connectivity index (χ1v) is 5.29. The van der Waals surface area contributed by atoms with Gasteiger partial charge in [0.25, 0.3) is 0 Å². The second kappa shape index (κ2) is 4.35. The van der Waals surface area contributed by atoms with Crippen LogP contribution in [0.5, 0.6) is 5.75 Å². The molecule has 82 valence electrons. The third kappa shape index (κ3) is 2.06. The Morgan fingerprint density at radius 1 is 0.938 bits per heavy atom. The maximum atomic E-state index is 5.13. The Balaban J connectivity index is 2.38. The summed E-state index contributed by atoms with van der Waals surface area (Å²) >= 11 is 0. The van der Waals surface area contributed by atoms with Gasteiger partial charge in [0.1, 0.15) is 5.75 Å². The number of nitrogens with zero attached hydrogens (tertiary/aromatic N) is 1. The van der Waals surface area contributed by atoms with Crippen LogP contribution in [0.15, 0.2) is 36.4 Å². The number of aryl methyl sites for hydroxylation is 2. The molecular formula is C14H15NO. The largest absolute Gasteiger partial charge is 0.497 e. The fraction of sp³-hybridized carbons (Fsp3) is 0.214. The third-order valence-electron chi connectivity index (χ3n) is 2.74. The van der Waals surface area contributed by atoms with Gasteiger partial charge in [-0.05, 0) is 49.7 Å². The lowest BCUT2D eigenvalue weighted by Crippen LogP contribution is -1.90. The summed E-state index contributed by atoms with van der Waals surface area (Å²) in [6.07, 6.45) is 0. The Hall–Kier alpha value is -1.83. The monoisotopic (exact) mass is 213 g/mol. The van der Waals surface area contributed by atoms with E-state index in [1.807, 2.05) is 37.3 Å². The van der Waals surface area contributed by atoms with Crippen LogP contribution in [0.25, 0.3) is 11.3 Å². The highest BCUT2D eigenvalue weighted by atomic mass is 16.5. The molecule has 0 unspecified atom stereocenters. The number of pyridine rings is 1. The zero-order valence-corrected chi connectivity index (χ0v) is 9.82. The van der Waals surface area contributed by atoms with E-state index in [4.69, 9.17) is 4.74 Å². The van der Waals surface area contributed by atoms with Crippen molar-refractivity contribution in [1.29, 1.82) is 0 Å². The maximum absolute atomic E-state index is 5.13. The SMILES string of the molecule is COc1ccc(-c2ccc(C)c(C)n2)cc1. The smallest absolute Gasteiger partial charge is 0.118 e. The van der Waals surface area contributed by atoms with E-state index < -0.39 is 0 Å². The zero-order chi connectivity index (χ0) is 11.5. The number of hydrogen-bond acceptors (Lipinski definition) is 2. The third-order valence-corrected chi connectivity index (χ3v) is 2.74. The molecule has 2 rings (SSSR count). The average molecular weight is 213 g/mol. The fourth-order valence-electron chi connectivity index (χ4n) is 1.55. The summed E-state index contributed by atoms with van der Waals surface area (Å²) < 4.78 is 5.13. The molecule has 1 heterocycles. The van der Waals surface area contributed by atoms with E-state index in [1.54, 1.807) is 7.11 Å². The number of aromatic nitrogens is 1. The first kappa shape index (κ1) is 10.7. The number of methoxy groups -OCH3 is 1. The Morgan fingerprint density at radius 2 is 1.62 bits per heavy atom. The molecule has 0 bridgehead atoms. The molecule has 0 radical (unpaired) electrons. The summed E-state index contributed by atoms with van der Waals surface area (Å²) in [5, 5.41) is 0. The first-order valence-electron chi connectivity index (χ1n) is 5.29. The average Bonchev–Trinajstić information content (AvgIpc) is 2.33. The van der Waals surface area contributed by atoms with E-state index >= 15 is 0 Å². The van der Waals surface area contributed by atoms with Gasteiger partial charge >= 0.3 is 0 Å². The van der Waals surface area contributed by atoms with Crippen LogP contribution in [0.4, 0.5) is 0 Å². The lowest BCUT2D eigenvalue weighted by molar-refractivity contribution is 0.415. The Morgan fingerprint density at radius 3 is 2.19 bits per heavy atom. The topological polar surface area (TPSA) is 22.1 Å². The predicted molar refractivity (Wildman–Crippen MR) is 65.7 cm³/mol. The molecule has 2 aromatic rings. The number of ether oxygens (including phenoxy) is 1. The molecule has 0 spiro atoms. The number of rotatable bonds is 2. The van der Waals surface area contributed by atoms with Gasteiger partial charge in [0, 0.05) is 11.3 Å². The van der Waals surface area contributed by atoms with Gasteiger partial charge in [-0.3, -0.25) is 4.98 Å². The molecule has 0 fully saturated rings. The molecule has 1 aromatic heterocycles. The van der Waals surface area contributed by atoms with Crippen molar-refractivity contribution < 1.29 is 4.74 Å². The van der Waals surface area contributed by atoms with Crippen LogP contribution in [-0.4, -0.2) is 12.1 Å². The molecule has 0 aliphatic carbocycles. The number of hydrogen-bond donors (Lipinski definition) is 0. The molecule has 0 N–H and O–H groups in total. The molecule has 2 nitrogen and oxygen atoms in total. The molecule has 0 saturated heterocycles. The lowest BCUT2D eigenvalue weighted by atomic mass is 10.1. The maximum Gasteiger partial charge on any atom is 0.118 e. The lowest BCUT2D eigenvalue weighted by Gasteiger charge is -2.05. The zero-order valence-electron chi connectivity index (χ0n) is 9.82. The van der Waals surface area contributed by atoms with Gasteiger partial charge in [-0.2, -0.15) is 0 Å². The van der Waals surface area contributed by atoms with Crippen LogP contribution in [0.1, 0.15) is 11.3 Å². The van der Waals surface area contributed by atoms with Gasteiger partial charge in [-0.1, -0.05) is 6.07 Å². The second-order valence-corrected chi connectivity index (χ2v) is 3.83. The standard InChI is InChI=1S/C14H15NO/c1-10-4-9-14(15-11(10)2)12-5-7-13(16-3)8-6-12/h4-9H,1-3H3. The highest BCUT2D eigenvalue weighted by molar-refractivity contribution is 5.60. The van der Waals surface area contributed by atoms with Gasteiger partial charge in [0.05, 0.1) is 12.8 Å². The van der Waals surface area contributed by atoms with Gasteiger partial charge in [-0.25, -0.2) is 0 Å². The minimum Gasteiger partial charge on any atom is -0.497 e. The molecule has 1 aromatic carbocycles. The van der Waals surface area contributed by atoms with E-state index in [0.717, 1.165) is 22.7 Å². The van der Waals surface area contributed by atoms with Crippen molar-refractivity contribution in [3.8, 4) is 17.0 Å².